The average Bonchev–Trinajstić information content (AvgIpc) is 2.95. The van der Waals surface area contributed by atoms with E-state index in [1.54, 1.807) is 47.4 Å². The minimum Gasteiger partial charge on any atom is -0.481 e. The zero-order chi connectivity index (χ0) is 21.4. The topological polar surface area (TPSA) is 96.0 Å². The predicted molar refractivity (Wildman–Crippen MR) is 110 cm³/mol. The van der Waals surface area contributed by atoms with Gasteiger partial charge in [-0.25, -0.2) is 0 Å². The second-order valence-electron chi connectivity index (χ2n) is 7.66. The van der Waals surface area contributed by atoms with Crippen LogP contribution in [0.2, 0.25) is 0 Å². The number of carbonyl (C=O) groups excluding carboxylic acids is 4. The Labute approximate surface area is 173 Å². The fourth-order valence-electron chi connectivity index (χ4n) is 3.57. The smallest absolute Gasteiger partial charge is 0.265 e. The molecule has 0 saturated heterocycles. The summed E-state index contributed by atoms with van der Waals surface area (Å²) in [5, 5.41) is 2.69. The molecule has 8 nitrogen and oxygen atoms in total. The third-order valence-electron chi connectivity index (χ3n) is 4.91. The molecule has 0 bridgehead atoms. The molecule has 30 heavy (non-hydrogen) atoms. The Kier molecular flexibility index (Phi) is 4.99. The van der Waals surface area contributed by atoms with E-state index in [0.717, 1.165) is 4.90 Å². The van der Waals surface area contributed by atoms with Gasteiger partial charge in [0.15, 0.2) is 6.61 Å². The van der Waals surface area contributed by atoms with E-state index < -0.39 is 17.7 Å². The van der Waals surface area contributed by atoms with Gasteiger partial charge in [-0.2, -0.15) is 0 Å². The normalized spacial score (nSPS) is 15.2. The molecular weight excluding hydrogens is 386 g/mol. The third-order valence-corrected chi connectivity index (χ3v) is 4.91. The molecule has 8 heteroatoms. The van der Waals surface area contributed by atoms with Gasteiger partial charge in [0.2, 0.25) is 5.91 Å². The zero-order valence-electron chi connectivity index (χ0n) is 16.7. The fraction of sp³-hybridized carbons (Fsp3) is 0.273. The van der Waals surface area contributed by atoms with E-state index in [1.165, 1.54) is 0 Å². The van der Waals surface area contributed by atoms with E-state index in [2.05, 4.69) is 5.32 Å². The highest BCUT2D eigenvalue weighted by molar-refractivity contribution is 6.22. The lowest BCUT2D eigenvalue weighted by Crippen LogP contribution is -2.41. The highest BCUT2D eigenvalue weighted by Crippen LogP contribution is 2.35. The molecule has 0 saturated carbocycles. The minimum atomic E-state index is -0.504. The van der Waals surface area contributed by atoms with Crippen molar-refractivity contribution in [3.63, 3.8) is 0 Å². The molecule has 4 amide bonds. The van der Waals surface area contributed by atoms with Crippen LogP contribution in [0.5, 0.6) is 5.75 Å². The molecule has 0 spiro atoms. The van der Waals surface area contributed by atoms with Crippen LogP contribution >= 0.6 is 0 Å². The van der Waals surface area contributed by atoms with Crippen molar-refractivity contribution in [1.82, 2.24) is 4.90 Å². The van der Waals surface area contributed by atoms with Gasteiger partial charge in [-0.3, -0.25) is 24.1 Å². The maximum absolute atomic E-state index is 12.5. The average molecular weight is 407 g/mol. The van der Waals surface area contributed by atoms with Gasteiger partial charge in [0.25, 0.3) is 17.7 Å². The van der Waals surface area contributed by atoms with Crippen molar-refractivity contribution in [3.8, 4) is 5.75 Å². The van der Waals surface area contributed by atoms with Crippen LogP contribution in [0.15, 0.2) is 42.5 Å². The van der Waals surface area contributed by atoms with Crippen LogP contribution in [0.25, 0.3) is 0 Å². The fourth-order valence-corrected chi connectivity index (χ4v) is 3.57. The van der Waals surface area contributed by atoms with E-state index in [4.69, 9.17) is 4.74 Å². The summed E-state index contributed by atoms with van der Waals surface area (Å²) in [5.41, 5.74) is 1.70. The number of carbonyl (C=O) groups is 4. The Morgan fingerprint density at radius 3 is 2.33 bits per heavy atom. The summed E-state index contributed by atoms with van der Waals surface area (Å²) in [6, 6.07) is 11.5. The second-order valence-corrected chi connectivity index (χ2v) is 7.66. The van der Waals surface area contributed by atoms with Gasteiger partial charge in [0.05, 0.1) is 16.8 Å². The third kappa shape index (κ3) is 3.52. The number of hydrogen-bond donors (Lipinski definition) is 1. The number of ether oxygens (including phenoxy) is 1. The summed E-state index contributed by atoms with van der Waals surface area (Å²) in [7, 11) is 0. The number of imide groups is 1. The van der Waals surface area contributed by atoms with Gasteiger partial charge in [-0.15, -0.1) is 0 Å². The monoisotopic (exact) mass is 407 g/mol. The maximum atomic E-state index is 12.5. The SMILES string of the molecule is CC(C)CN1C(=O)COc2cc(NC(=O)CN3C(=O)c4ccccc4C3=O)ccc21. The van der Waals surface area contributed by atoms with Crippen LogP contribution in [-0.2, 0) is 9.59 Å². The van der Waals surface area contributed by atoms with Crippen LogP contribution in [-0.4, -0.2) is 48.2 Å². The van der Waals surface area contributed by atoms with Crippen molar-refractivity contribution >= 4 is 35.0 Å². The largest absolute Gasteiger partial charge is 0.481 e. The summed E-state index contributed by atoms with van der Waals surface area (Å²) >= 11 is 0. The first-order valence-electron chi connectivity index (χ1n) is 9.67. The standard InChI is InChI=1S/C22H21N3O5/c1-13(2)10-24-17-8-7-14(9-18(17)30-12-20(24)27)23-19(26)11-25-21(28)15-5-3-4-6-16(15)22(25)29/h3-9,13H,10-12H2,1-2H3,(H,23,26). The summed E-state index contributed by atoms with van der Waals surface area (Å²) in [5.74, 6) is -0.800. The Balaban J connectivity index is 1.47. The quantitative estimate of drug-likeness (QED) is 0.768. The van der Waals surface area contributed by atoms with Crippen LogP contribution in [0, 0.1) is 5.92 Å². The van der Waals surface area contributed by atoms with E-state index in [1.807, 2.05) is 13.8 Å². The Morgan fingerprint density at radius 1 is 1.03 bits per heavy atom. The lowest BCUT2D eigenvalue weighted by atomic mass is 10.1. The Morgan fingerprint density at radius 2 is 1.70 bits per heavy atom. The van der Waals surface area contributed by atoms with Gasteiger partial charge in [0.1, 0.15) is 12.3 Å². The van der Waals surface area contributed by atoms with Crippen molar-refractivity contribution in [2.75, 3.05) is 29.9 Å². The van der Waals surface area contributed by atoms with E-state index >= 15 is 0 Å². The number of amides is 4. The molecule has 2 aromatic carbocycles. The molecule has 0 aliphatic carbocycles. The van der Waals surface area contributed by atoms with E-state index in [-0.39, 0.29) is 19.1 Å². The molecule has 0 radical (unpaired) electrons. The minimum absolute atomic E-state index is 0.0633. The van der Waals surface area contributed by atoms with E-state index in [9.17, 15) is 19.2 Å². The predicted octanol–water partition coefficient (Wildman–Crippen LogP) is 2.30. The summed E-state index contributed by atoms with van der Waals surface area (Å²) in [6.45, 7) is 4.17. The first-order valence-corrected chi connectivity index (χ1v) is 9.67. The molecule has 0 fully saturated rings. The van der Waals surface area contributed by atoms with Crippen LogP contribution < -0.4 is 15.0 Å². The highest BCUT2D eigenvalue weighted by Gasteiger charge is 2.36. The van der Waals surface area contributed by atoms with Gasteiger partial charge in [0, 0.05) is 18.3 Å². The van der Waals surface area contributed by atoms with E-state index in [0.29, 0.717) is 40.7 Å². The number of rotatable bonds is 5. The molecule has 4 rings (SSSR count). The van der Waals surface area contributed by atoms with Gasteiger partial charge >= 0.3 is 0 Å². The molecule has 2 aliphatic heterocycles. The van der Waals surface area contributed by atoms with Crippen molar-refractivity contribution in [3.05, 3.63) is 53.6 Å². The number of benzene rings is 2. The molecule has 2 aromatic rings. The lowest BCUT2D eigenvalue weighted by Gasteiger charge is -2.31. The zero-order valence-corrected chi connectivity index (χ0v) is 16.7. The molecule has 0 atom stereocenters. The van der Waals surface area contributed by atoms with Crippen molar-refractivity contribution in [2.24, 2.45) is 5.92 Å². The number of nitrogens with zero attached hydrogens (tertiary/aromatic N) is 2. The van der Waals surface area contributed by atoms with Crippen LogP contribution in [0.4, 0.5) is 11.4 Å². The van der Waals surface area contributed by atoms with Crippen molar-refractivity contribution < 1.29 is 23.9 Å². The molecule has 154 valence electrons. The van der Waals surface area contributed by atoms with Gasteiger partial charge in [-0.05, 0) is 30.2 Å². The van der Waals surface area contributed by atoms with Crippen LogP contribution in [0.3, 0.4) is 0 Å². The number of fused-ring (bicyclic) bond motifs is 2. The van der Waals surface area contributed by atoms with Gasteiger partial charge in [-0.1, -0.05) is 26.0 Å². The second kappa shape index (κ2) is 7.62. The molecule has 0 aromatic heterocycles. The molecule has 2 heterocycles. The lowest BCUT2D eigenvalue weighted by molar-refractivity contribution is -0.121. The Hall–Kier alpha value is -3.68. The maximum Gasteiger partial charge on any atom is 0.265 e. The summed E-state index contributed by atoms with van der Waals surface area (Å²) in [4.78, 5) is 52.1. The van der Waals surface area contributed by atoms with Gasteiger partial charge < -0.3 is 15.0 Å². The number of anilines is 2. The molecule has 1 N–H and O–H groups in total. The van der Waals surface area contributed by atoms with Crippen molar-refractivity contribution in [2.45, 2.75) is 13.8 Å². The number of hydrogen-bond acceptors (Lipinski definition) is 5. The van der Waals surface area contributed by atoms with Crippen LogP contribution in [0.1, 0.15) is 34.6 Å². The summed E-state index contributed by atoms with van der Waals surface area (Å²) in [6.07, 6.45) is 0. The summed E-state index contributed by atoms with van der Waals surface area (Å²) < 4.78 is 5.52. The first kappa shape index (κ1) is 19.6. The highest BCUT2D eigenvalue weighted by atomic mass is 16.5. The first-order chi connectivity index (χ1) is 14.3. The van der Waals surface area contributed by atoms with Crippen molar-refractivity contribution in [1.29, 1.82) is 0 Å². The Bertz CT molecular complexity index is 1030. The molecular formula is C22H21N3O5. The number of nitrogens with one attached hydrogen (secondary N) is 1. The molecule has 2 aliphatic rings. The molecule has 0 unspecified atom stereocenters.